The number of aryl methyl sites for hydroxylation is 1. The van der Waals surface area contributed by atoms with Gasteiger partial charge in [-0.25, -0.2) is 4.98 Å². The average molecular weight is 523 g/mol. The SMILES string of the molecule is Cc1cccn2c(=O)c(/C=C3\SC(=S)N(CCc4ccccc4)C3=O)c(NCCCOC(C)C)nc12. The lowest BCUT2D eigenvalue weighted by Gasteiger charge is -2.14. The highest BCUT2D eigenvalue weighted by Crippen LogP contribution is 2.33. The molecular weight excluding hydrogens is 492 g/mol. The fourth-order valence-electron chi connectivity index (χ4n) is 3.88. The number of hydrogen-bond acceptors (Lipinski definition) is 7. The molecule has 0 radical (unpaired) electrons. The van der Waals surface area contributed by atoms with Crippen LogP contribution in [0.5, 0.6) is 0 Å². The second kappa shape index (κ2) is 11.8. The third-order valence-corrected chi connectivity index (χ3v) is 7.14. The molecule has 1 fully saturated rings. The van der Waals surface area contributed by atoms with Crippen molar-refractivity contribution in [2.45, 2.75) is 39.7 Å². The van der Waals surface area contributed by atoms with Crippen molar-refractivity contribution in [2.75, 3.05) is 25.0 Å². The number of pyridine rings is 1. The van der Waals surface area contributed by atoms with Crippen LogP contribution in [0.4, 0.5) is 5.82 Å². The number of aromatic nitrogens is 2. The van der Waals surface area contributed by atoms with Gasteiger partial charge in [-0.05, 0) is 56.9 Å². The minimum atomic E-state index is -0.237. The van der Waals surface area contributed by atoms with Gasteiger partial charge in [0.05, 0.1) is 16.6 Å². The van der Waals surface area contributed by atoms with Crippen LogP contribution in [0.25, 0.3) is 11.7 Å². The van der Waals surface area contributed by atoms with Gasteiger partial charge in [-0.2, -0.15) is 0 Å². The first-order valence-corrected chi connectivity index (χ1v) is 13.2. The second-order valence-electron chi connectivity index (χ2n) is 8.83. The topological polar surface area (TPSA) is 75.9 Å². The van der Waals surface area contributed by atoms with Gasteiger partial charge >= 0.3 is 0 Å². The second-order valence-corrected chi connectivity index (χ2v) is 10.5. The maximum absolute atomic E-state index is 13.5. The van der Waals surface area contributed by atoms with Crippen molar-refractivity contribution in [3.8, 4) is 0 Å². The molecule has 0 saturated carbocycles. The predicted octanol–water partition coefficient (Wildman–Crippen LogP) is 4.67. The molecule has 0 atom stereocenters. The van der Waals surface area contributed by atoms with Gasteiger partial charge in [0, 0.05) is 25.9 Å². The van der Waals surface area contributed by atoms with E-state index in [1.54, 1.807) is 17.2 Å². The van der Waals surface area contributed by atoms with Gasteiger partial charge < -0.3 is 10.1 Å². The molecule has 0 spiro atoms. The van der Waals surface area contributed by atoms with Gasteiger partial charge in [-0.1, -0.05) is 60.4 Å². The zero-order valence-electron chi connectivity index (χ0n) is 20.7. The number of carbonyl (C=O) groups excluding carboxylic acids is 1. The summed E-state index contributed by atoms with van der Waals surface area (Å²) in [6.45, 7) is 7.58. The van der Waals surface area contributed by atoms with Gasteiger partial charge in [0.25, 0.3) is 11.5 Å². The van der Waals surface area contributed by atoms with Gasteiger partial charge in [0.2, 0.25) is 0 Å². The van der Waals surface area contributed by atoms with Gasteiger partial charge in [0.1, 0.15) is 15.8 Å². The Bertz CT molecular complexity index is 1350. The lowest BCUT2D eigenvalue weighted by molar-refractivity contribution is -0.122. The molecule has 1 saturated heterocycles. The molecule has 0 bridgehead atoms. The predicted molar refractivity (Wildman–Crippen MR) is 150 cm³/mol. The van der Waals surface area contributed by atoms with E-state index in [1.807, 2.05) is 63.2 Å². The Morgan fingerprint density at radius 3 is 2.69 bits per heavy atom. The van der Waals surface area contributed by atoms with Crippen molar-refractivity contribution in [1.82, 2.24) is 14.3 Å². The number of fused-ring (bicyclic) bond motifs is 1. The van der Waals surface area contributed by atoms with Crippen molar-refractivity contribution in [3.63, 3.8) is 0 Å². The maximum Gasteiger partial charge on any atom is 0.267 e. The number of anilines is 1. The fraction of sp³-hybridized carbons (Fsp3) is 0.333. The molecular formula is C27H30N4O3S2. The van der Waals surface area contributed by atoms with E-state index in [2.05, 4.69) is 5.32 Å². The number of thiocarbonyl (C=S) groups is 1. The largest absolute Gasteiger partial charge is 0.379 e. The molecule has 1 N–H and O–H groups in total. The molecule has 1 aliphatic rings. The Labute approximate surface area is 220 Å². The van der Waals surface area contributed by atoms with E-state index in [0.717, 1.165) is 17.5 Å². The summed E-state index contributed by atoms with van der Waals surface area (Å²) in [6, 6.07) is 13.7. The molecule has 7 nitrogen and oxygen atoms in total. The van der Waals surface area contributed by atoms with E-state index >= 15 is 0 Å². The summed E-state index contributed by atoms with van der Waals surface area (Å²) in [5.74, 6) is 0.263. The third kappa shape index (κ3) is 6.03. The van der Waals surface area contributed by atoms with Crippen LogP contribution in [0, 0.1) is 6.92 Å². The Morgan fingerprint density at radius 1 is 1.17 bits per heavy atom. The monoisotopic (exact) mass is 522 g/mol. The normalized spacial score (nSPS) is 15.0. The first-order chi connectivity index (χ1) is 17.3. The summed E-state index contributed by atoms with van der Waals surface area (Å²) in [4.78, 5) is 33.5. The van der Waals surface area contributed by atoms with Gasteiger partial charge in [-0.15, -0.1) is 0 Å². The molecule has 2 aromatic heterocycles. The summed E-state index contributed by atoms with van der Waals surface area (Å²) in [6.07, 6.45) is 4.94. The third-order valence-electron chi connectivity index (χ3n) is 5.76. The molecule has 36 heavy (non-hydrogen) atoms. The molecule has 0 aliphatic carbocycles. The van der Waals surface area contributed by atoms with Crippen molar-refractivity contribution in [1.29, 1.82) is 0 Å². The molecule has 188 valence electrons. The highest BCUT2D eigenvalue weighted by atomic mass is 32.2. The Morgan fingerprint density at radius 2 is 1.94 bits per heavy atom. The number of hydrogen-bond donors (Lipinski definition) is 1. The van der Waals surface area contributed by atoms with E-state index in [-0.39, 0.29) is 17.6 Å². The number of carbonyl (C=O) groups is 1. The first kappa shape index (κ1) is 26.1. The molecule has 1 aliphatic heterocycles. The minimum absolute atomic E-state index is 0.162. The van der Waals surface area contributed by atoms with Crippen molar-refractivity contribution >= 4 is 51.7 Å². The molecule has 1 amide bonds. The Balaban J connectivity index is 1.61. The number of thioether (sulfide) groups is 1. The Kier molecular flexibility index (Phi) is 8.56. The number of ether oxygens (including phenoxy) is 1. The average Bonchev–Trinajstić information content (AvgIpc) is 3.12. The van der Waals surface area contributed by atoms with Gasteiger partial charge in [0.15, 0.2) is 0 Å². The van der Waals surface area contributed by atoms with E-state index in [9.17, 15) is 9.59 Å². The van der Waals surface area contributed by atoms with Crippen molar-refractivity contribution < 1.29 is 9.53 Å². The lowest BCUT2D eigenvalue weighted by Crippen LogP contribution is -2.30. The van der Waals surface area contributed by atoms with Crippen LogP contribution in [0.1, 0.15) is 37.0 Å². The smallest absolute Gasteiger partial charge is 0.267 e. The number of nitrogens with one attached hydrogen (secondary N) is 1. The minimum Gasteiger partial charge on any atom is -0.379 e. The van der Waals surface area contributed by atoms with Crippen molar-refractivity contribution in [2.24, 2.45) is 0 Å². The van der Waals surface area contributed by atoms with E-state index in [1.165, 1.54) is 16.2 Å². The molecule has 3 aromatic rings. The van der Waals surface area contributed by atoms with E-state index in [0.29, 0.717) is 52.4 Å². The fourth-order valence-corrected chi connectivity index (χ4v) is 5.17. The number of nitrogens with zero attached hydrogens (tertiary/aromatic N) is 3. The Hall–Kier alpha value is -3.01. The van der Waals surface area contributed by atoms with Crippen LogP contribution in [0.2, 0.25) is 0 Å². The van der Waals surface area contributed by atoms with Crippen LogP contribution in [0.15, 0.2) is 58.4 Å². The lowest BCUT2D eigenvalue weighted by atomic mass is 10.1. The van der Waals surface area contributed by atoms with E-state index < -0.39 is 0 Å². The highest BCUT2D eigenvalue weighted by Gasteiger charge is 2.32. The van der Waals surface area contributed by atoms with Crippen LogP contribution < -0.4 is 10.9 Å². The van der Waals surface area contributed by atoms with Crippen LogP contribution in [-0.2, 0) is 16.0 Å². The quantitative estimate of drug-likeness (QED) is 0.236. The summed E-state index contributed by atoms with van der Waals surface area (Å²) in [7, 11) is 0. The zero-order chi connectivity index (χ0) is 25.7. The summed E-state index contributed by atoms with van der Waals surface area (Å²) >= 11 is 6.72. The zero-order valence-corrected chi connectivity index (χ0v) is 22.3. The maximum atomic E-state index is 13.5. The highest BCUT2D eigenvalue weighted by molar-refractivity contribution is 8.26. The molecule has 1 aromatic carbocycles. The molecule has 3 heterocycles. The number of benzene rings is 1. The summed E-state index contributed by atoms with van der Waals surface area (Å²) in [5, 5.41) is 3.29. The summed E-state index contributed by atoms with van der Waals surface area (Å²) < 4.78 is 7.63. The molecule has 9 heteroatoms. The molecule has 4 rings (SSSR count). The number of rotatable bonds is 10. The van der Waals surface area contributed by atoms with Crippen LogP contribution in [0.3, 0.4) is 0 Å². The summed E-state index contributed by atoms with van der Waals surface area (Å²) in [5.41, 5.74) is 2.71. The van der Waals surface area contributed by atoms with Crippen LogP contribution in [-0.4, -0.2) is 50.3 Å². The van der Waals surface area contributed by atoms with Gasteiger partial charge in [-0.3, -0.25) is 18.9 Å². The number of amides is 1. The van der Waals surface area contributed by atoms with Crippen LogP contribution >= 0.6 is 24.0 Å². The first-order valence-electron chi connectivity index (χ1n) is 12.0. The molecule has 0 unspecified atom stereocenters. The van der Waals surface area contributed by atoms with E-state index in [4.69, 9.17) is 21.9 Å². The standard InChI is InChI=1S/C27H30N4O3S2/c1-18(2)34-16-8-13-28-23-21(25(32)30-14-7-9-19(3)24(30)29-23)17-22-26(33)31(27(35)36-22)15-12-20-10-5-4-6-11-20/h4-7,9-11,14,17-18,28H,8,12-13,15-16H2,1-3H3/b22-17-. The van der Waals surface area contributed by atoms with Crippen molar-refractivity contribution in [3.05, 3.63) is 80.6 Å².